The van der Waals surface area contributed by atoms with E-state index < -0.39 is 0 Å². The van der Waals surface area contributed by atoms with E-state index in [1.54, 1.807) is 0 Å². The summed E-state index contributed by atoms with van der Waals surface area (Å²) in [7, 11) is 0. The van der Waals surface area contributed by atoms with Gasteiger partial charge in [-0.05, 0) is 56.8 Å². The predicted molar refractivity (Wildman–Crippen MR) is 62.3 cm³/mol. The molecule has 1 heterocycles. The number of aromatic nitrogens is 2. The van der Waals surface area contributed by atoms with E-state index in [0.717, 1.165) is 20.0 Å². The fraction of sp³-hybridized carbons (Fsp3) is 0.250. The summed E-state index contributed by atoms with van der Waals surface area (Å²) >= 11 is 8.30. The van der Waals surface area contributed by atoms with E-state index in [9.17, 15) is 0 Å². The van der Waals surface area contributed by atoms with Crippen LogP contribution >= 0.6 is 43.6 Å². The highest BCUT2D eigenvalue weighted by molar-refractivity contribution is 9.11. The van der Waals surface area contributed by atoms with Crippen LogP contribution in [0, 0.1) is 13.8 Å². The maximum atomic E-state index is 4.23. The summed E-state index contributed by atoms with van der Waals surface area (Å²) in [6.07, 6.45) is 0. The monoisotopic (exact) mass is 320 g/mol. The summed E-state index contributed by atoms with van der Waals surface area (Å²) in [5, 5.41) is 0. The molecule has 0 bridgehead atoms. The molecule has 13 heavy (non-hydrogen) atoms. The zero-order valence-electron chi connectivity index (χ0n) is 7.06. The molecule has 0 radical (unpaired) electrons. The predicted octanol–water partition coefficient (Wildman–Crippen LogP) is 3.83. The second-order valence-corrected chi connectivity index (χ2v) is 4.95. The van der Waals surface area contributed by atoms with E-state index in [1.807, 2.05) is 0 Å². The first-order valence-corrected chi connectivity index (χ1v) is 6.01. The third-order valence-corrected chi connectivity index (χ3v) is 4.59. The molecule has 5 heteroatoms. The SMILES string of the molecule is Cc1c(C)c(Br)c2nsnc2c1Br. The Bertz CT molecular complexity index is 436. The molecule has 0 aliphatic heterocycles. The fourth-order valence-corrected chi connectivity index (χ4v) is 3.10. The zero-order chi connectivity index (χ0) is 9.59. The van der Waals surface area contributed by atoms with Gasteiger partial charge in [-0.2, -0.15) is 8.75 Å². The van der Waals surface area contributed by atoms with Crippen molar-refractivity contribution in [2.75, 3.05) is 0 Å². The number of rotatable bonds is 0. The third-order valence-electron chi connectivity index (χ3n) is 2.13. The first-order valence-electron chi connectivity index (χ1n) is 3.69. The van der Waals surface area contributed by atoms with Gasteiger partial charge in [-0.3, -0.25) is 0 Å². The molecule has 68 valence electrons. The molecule has 1 aromatic heterocycles. The fourth-order valence-electron chi connectivity index (χ4n) is 1.16. The molecule has 0 N–H and O–H groups in total. The minimum absolute atomic E-state index is 0.944. The van der Waals surface area contributed by atoms with E-state index in [-0.39, 0.29) is 0 Å². The number of nitrogens with zero attached hydrogens (tertiary/aromatic N) is 2. The summed E-state index contributed by atoms with van der Waals surface area (Å²) in [4.78, 5) is 0. The van der Waals surface area contributed by atoms with Gasteiger partial charge in [0.25, 0.3) is 0 Å². The smallest absolute Gasteiger partial charge is 0.120 e. The van der Waals surface area contributed by atoms with Crippen LogP contribution in [-0.4, -0.2) is 8.75 Å². The quantitative estimate of drug-likeness (QED) is 0.737. The Morgan fingerprint density at radius 3 is 1.69 bits per heavy atom. The lowest BCUT2D eigenvalue weighted by atomic mass is 10.1. The lowest BCUT2D eigenvalue weighted by Crippen LogP contribution is -1.87. The molecule has 0 aliphatic rings. The Morgan fingerprint density at radius 2 is 1.31 bits per heavy atom. The van der Waals surface area contributed by atoms with Crippen LogP contribution in [0.3, 0.4) is 0 Å². The van der Waals surface area contributed by atoms with E-state index in [0.29, 0.717) is 0 Å². The van der Waals surface area contributed by atoms with Gasteiger partial charge in [0, 0.05) is 8.95 Å². The first kappa shape index (κ1) is 9.55. The van der Waals surface area contributed by atoms with Crippen LogP contribution in [0.1, 0.15) is 11.1 Å². The van der Waals surface area contributed by atoms with Crippen molar-refractivity contribution in [3.05, 3.63) is 20.1 Å². The molecule has 2 rings (SSSR count). The maximum absolute atomic E-state index is 4.23. The van der Waals surface area contributed by atoms with Gasteiger partial charge in [-0.25, -0.2) is 0 Å². The number of hydrogen-bond acceptors (Lipinski definition) is 3. The van der Waals surface area contributed by atoms with E-state index in [1.165, 1.54) is 22.9 Å². The lowest BCUT2D eigenvalue weighted by Gasteiger charge is -2.05. The van der Waals surface area contributed by atoms with E-state index in [2.05, 4.69) is 54.5 Å². The molecule has 2 aromatic rings. The van der Waals surface area contributed by atoms with Crippen molar-refractivity contribution in [3.8, 4) is 0 Å². The normalized spacial score (nSPS) is 11.1. The average Bonchev–Trinajstić information content (AvgIpc) is 2.59. The second kappa shape index (κ2) is 3.29. The Hall–Kier alpha value is -0.000000000000000111. The Kier molecular flexibility index (Phi) is 2.42. The van der Waals surface area contributed by atoms with Gasteiger partial charge in [0.2, 0.25) is 0 Å². The molecule has 0 spiro atoms. The molecule has 0 fully saturated rings. The summed E-state index contributed by atoms with van der Waals surface area (Å²) < 4.78 is 10.6. The van der Waals surface area contributed by atoms with Crippen LogP contribution in [0.25, 0.3) is 11.0 Å². The Morgan fingerprint density at radius 1 is 0.923 bits per heavy atom. The van der Waals surface area contributed by atoms with E-state index >= 15 is 0 Å². The first-order chi connectivity index (χ1) is 6.13. The molecule has 0 atom stereocenters. The van der Waals surface area contributed by atoms with Crippen LogP contribution in [-0.2, 0) is 0 Å². The highest BCUT2D eigenvalue weighted by Crippen LogP contribution is 2.35. The molecule has 1 aromatic carbocycles. The standard InChI is InChI=1S/C8H6Br2N2S/c1-3-4(2)6(10)8-7(5(3)9)11-13-12-8/h1-2H3. The molecule has 0 saturated heterocycles. The van der Waals surface area contributed by atoms with Crippen LogP contribution < -0.4 is 0 Å². The number of benzene rings is 1. The van der Waals surface area contributed by atoms with Crippen molar-refractivity contribution in [2.24, 2.45) is 0 Å². The van der Waals surface area contributed by atoms with Crippen molar-refractivity contribution in [2.45, 2.75) is 13.8 Å². The highest BCUT2D eigenvalue weighted by atomic mass is 79.9. The number of hydrogen-bond donors (Lipinski definition) is 0. The van der Waals surface area contributed by atoms with E-state index in [4.69, 9.17) is 0 Å². The van der Waals surface area contributed by atoms with Gasteiger partial charge >= 0.3 is 0 Å². The molecule has 0 unspecified atom stereocenters. The Balaban J connectivity index is 3.02. The third kappa shape index (κ3) is 1.33. The van der Waals surface area contributed by atoms with Gasteiger partial charge in [-0.1, -0.05) is 0 Å². The van der Waals surface area contributed by atoms with Crippen LogP contribution in [0.15, 0.2) is 8.95 Å². The average molecular weight is 322 g/mol. The molecule has 2 nitrogen and oxygen atoms in total. The van der Waals surface area contributed by atoms with Gasteiger partial charge in [0.15, 0.2) is 0 Å². The molecular weight excluding hydrogens is 316 g/mol. The summed E-state index contributed by atoms with van der Waals surface area (Å²) in [5.74, 6) is 0. The number of halogens is 2. The van der Waals surface area contributed by atoms with Crippen molar-refractivity contribution in [1.82, 2.24) is 8.75 Å². The van der Waals surface area contributed by atoms with Gasteiger partial charge < -0.3 is 0 Å². The molecule has 0 saturated carbocycles. The molecular formula is C8H6Br2N2S. The number of fused-ring (bicyclic) bond motifs is 1. The van der Waals surface area contributed by atoms with Gasteiger partial charge in [-0.15, -0.1) is 0 Å². The van der Waals surface area contributed by atoms with Crippen LogP contribution in [0.2, 0.25) is 0 Å². The summed E-state index contributed by atoms with van der Waals surface area (Å²) in [5.41, 5.74) is 4.32. The minimum Gasteiger partial charge on any atom is -0.172 e. The molecule has 0 aliphatic carbocycles. The van der Waals surface area contributed by atoms with Gasteiger partial charge in [0.05, 0.1) is 11.7 Å². The lowest BCUT2D eigenvalue weighted by molar-refractivity contribution is 1.31. The topological polar surface area (TPSA) is 25.8 Å². The second-order valence-electron chi connectivity index (χ2n) is 2.84. The van der Waals surface area contributed by atoms with Crippen molar-refractivity contribution in [3.63, 3.8) is 0 Å². The maximum Gasteiger partial charge on any atom is 0.120 e. The molecule has 0 amide bonds. The van der Waals surface area contributed by atoms with Crippen LogP contribution in [0.4, 0.5) is 0 Å². The van der Waals surface area contributed by atoms with Gasteiger partial charge in [0.1, 0.15) is 11.0 Å². The minimum atomic E-state index is 0.944. The van der Waals surface area contributed by atoms with Crippen molar-refractivity contribution in [1.29, 1.82) is 0 Å². The summed E-state index contributed by atoms with van der Waals surface area (Å²) in [6.45, 7) is 4.14. The van der Waals surface area contributed by atoms with Crippen LogP contribution in [0.5, 0.6) is 0 Å². The van der Waals surface area contributed by atoms with Crippen molar-refractivity contribution < 1.29 is 0 Å². The Labute approximate surface area is 96.9 Å². The zero-order valence-corrected chi connectivity index (χ0v) is 11.0. The summed E-state index contributed by atoms with van der Waals surface area (Å²) in [6, 6.07) is 0. The largest absolute Gasteiger partial charge is 0.172 e. The highest BCUT2D eigenvalue weighted by Gasteiger charge is 2.13. The van der Waals surface area contributed by atoms with Crippen molar-refractivity contribution >= 4 is 54.6 Å².